The zero-order valence-corrected chi connectivity index (χ0v) is 13.4. The largest absolute Gasteiger partial charge is 0.494 e. The summed E-state index contributed by atoms with van der Waals surface area (Å²) in [6.07, 6.45) is 5.23. The van der Waals surface area contributed by atoms with E-state index in [-0.39, 0.29) is 18.0 Å². The molecule has 0 aliphatic heterocycles. The smallest absolute Gasteiger partial charge is 0.309 e. The fourth-order valence-electron chi connectivity index (χ4n) is 2.31. The van der Waals surface area contributed by atoms with Gasteiger partial charge in [0, 0.05) is 4.47 Å². The molecule has 3 nitrogen and oxygen atoms in total. The fourth-order valence-corrected chi connectivity index (χ4v) is 2.69. The molecule has 0 N–H and O–H groups in total. The Morgan fingerprint density at radius 1 is 1.40 bits per heavy atom. The van der Waals surface area contributed by atoms with Crippen molar-refractivity contribution in [2.75, 3.05) is 6.61 Å². The van der Waals surface area contributed by atoms with Crippen molar-refractivity contribution in [1.29, 1.82) is 0 Å². The molecule has 0 amide bonds. The minimum atomic E-state index is -0.109. The monoisotopic (exact) mass is 340 g/mol. The lowest BCUT2D eigenvalue weighted by Crippen LogP contribution is -2.22. The number of hydrogen-bond acceptors (Lipinski definition) is 3. The van der Waals surface area contributed by atoms with Crippen molar-refractivity contribution in [2.45, 2.75) is 45.1 Å². The van der Waals surface area contributed by atoms with Crippen LogP contribution >= 0.6 is 15.9 Å². The third kappa shape index (κ3) is 4.82. The van der Waals surface area contributed by atoms with Gasteiger partial charge in [-0.2, -0.15) is 0 Å². The molecular formula is C16H21BrO3. The van der Waals surface area contributed by atoms with Gasteiger partial charge in [-0.05, 0) is 50.3 Å². The van der Waals surface area contributed by atoms with Crippen LogP contribution < -0.4 is 4.74 Å². The van der Waals surface area contributed by atoms with Crippen LogP contribution in [0.15, 0.2) is 28.7 Å². The summed E-state index contributed by atoms with van der Waals surface area (Å²) in [5.41, 5.74) is 0. The minimum Gasteiger partial charge on any atom is -0.494 e. The van der Waals surface area contributed by atoms with Gasteiger partial charge in [0.05, 0.1) is 12.5 Å². The number of rotatable bonds is 6. The van der Waals surface area contributed by atoms with E-state index in [0.717, 1.165) is 23.1 Å². The van der Waals surface area contributed by atoms with Crippen LogP contribution in [0.4, 0.5) is 0 Å². The highest BCUT2D eigenvalue weighted by Crippen LogP contribution is 2.23. The molecule has 1 saturated carbocycles. The lowest BCUT2D eigenvalue weighted by molar-refractivity contribution is -0.153. The third-order valence-electron chi connectivity index (χ3n) is 3.60. The molecule has 4 heteroatoms. The van der Waals surface area contributed by atoms with Crippen molar-refractivity contribution >= 4 is 21.9 Å². The van der Waals surface area contributed by atoms with E-state index in [0.29, 0.717) is 13.0 Å². The molecule has 110 valence electrons. The first-order valence-electron chi connectivity index (χ1n) is 7.24. The lowest BCUT2D eigenvalue weighted by atomic mass is 10.1. The Balaban J connectivity index is 1.68. The van der Waals surface area contributed by atoms with E-state index in [1.165, 1.54) is 12.8 Å². The molecule has 0 aromatic heterocycles. The number of benzene rings is 1. The van der Waals surface area contributed by atoms with Gasteiger partial charge in [-0.15, -0.1) is 0 Å². The van der Waals surface area contributed by atoms with Crippen molar-refractivity contribution in [3.05, 3.63) is 28.7 Å². The molecule has 0 unspecified atom stereocenters. The van der Waals surface area contributed by atoms with Gasteiger partial charge in [-0.25, -0.2) is 0 Å². The summed E-state index contributed by atoms with van der Waals surface area (Å²) in [6, 6.07) is 7.71. The maximum Gasteiger partial charge on any atom is 0.309 e. The highest BCUT2D eigenvalue weighted by molar-refractivity contribution is 9.10. The quantitative estimate of drug-likeness (QED) is 0.722. The molecule has 1 aromatic rings. The van der Waals surface area contributed by atoms with Gasteiger partial charge in [0.1, 0.15) is 11.9 Å². The Kier molecular flexibility index (Phi) is 5.89. The zero-order chi connectivity index (χ0) is 14.4. The summed E-state index contributed by atoms with van der Waals surface area (Å²) >= 11 is 3.40. The number of hydrogen-bond donors (Lipinski definition) is 0. The number of halogens is 1. The predicted octanol–water partition coefficient (Wildman–Crippen LogP) is 4.34. The summed E-state index contributed by atoms with van der Waals surface area (Å²) in [5, 5.41) is 0. The van der Waals surface area contributed by atoms with Gasteiger partial charge in [0.2, 0.25) is 0 Å². The van der Waals surface area contributed by atoms with Crippen LogP contribution in [-0.4, -0.2) is 18.7 Å². The van der Waals surface area contributed by atoms with E-state index in [9.17, 15) is 4.79 Å². The Bertz CT molecular complexity index is 441. The lowest BCUT2D eigenvalue weighted by Gasteiger charge is -2.16. The van der Waals surface area contributed by atoms with Crippen LogP contribution in [0.25, 0.3) is 0 Å². The second kappa shape index (κ2) is 7.67. The molecule has 1 aromatic carbocycles. The van der Waals surface area contributed by atoms with Crippen LogP contribution in [-0.2, 0) is 9.53 Å². The molecule has 1 atom stereocenters. The molecule has 20 heavy (non-hydrogen) atoms. The summed E-state index contributed by atoms with van der Waals surface area (Å²) in [6.45, 7) is 2.43. The van der Waals surface area contributed by atoms with Gasteiger partial charge < -0.3 is 9.47 Å². The molecule has 0 bridgehead atoms. The molecule has 0 saturated heterocycles. The van der Waals surface area contributed by atoms with E-state index in [4.69, 9.17) is 9.47 Å². The maximum atomic E-state index is 11.9. The number of carbonyl (C=O) groups excluding carboxylic acids is 1. The Labute approximate surface area is 128 Å². The molecule has 0 radical (unpaired) electrons. The predicted molar refractivity (Wildman–Crippen MR) is 81.8 cm³/mol. The fraction of sp³-hybridized carbons (Fsp3) is 0.562. The van der Waals surface area contributed by atoms with Crippen molar-refractivity contribution in [1.82, 2.24) is 0 Å². The first-order chi connectivity index (χ1) is 9.65. The van der Waals surface area contributed by atoms with Crippen LogP contribution in [0.2, 0.25) is 0 Å². The van der Waals surface area contributed by atoms with Gasteiger partial charge in [0.15, 0.2) is 0 Å². The highest BCUT2D eigenvalue weighted by Gasteiger charge is 2.22. The Hall–Kier alpha value is -1.03. The van der Waals surface area contributed by atoms with Crippen molar-refractivity contribution in [2.24, 2.45) is 5.92 Å². The van der Waals surface area contributed by atoms with Gasteiger partial charge in [-0.3, -0.25) is 4.79 Å². The SMILES string of the molecule is C[C@@H](CCOc1cccc(Br)c1)C(=O)OC1CCCC1. The number of carbonyl (C=O) groups is 1. The van der Waals surface area contributed by atoms with Crippen LogP contribution in [0, 0.1) is 5.92 Å². The van der Waals surface area contributed by atoms with Crippen LogP contribution in [0.1, 0.15) is 39.0 Å². The first-order valence-corrected chi connectivity index (χ1v) is 8.03. The standard InChI is InChI=1S/C16H21BrO3/c1-12(16(18)20-14-6-2-3-7-14)9-10-19-15-8-4-5-13(17)11-15/h4-5,8,11-12,14H,2-3,6-7,9-10H2,1H3/t12-/m0/s1. The summed E-state index contributed by atoms with van der Waals surface area (Å²) < 4.78 is 12.1. The third-order valence-corrected chi connectivity index (χ3v) is 4.10. The second-order valence-electron chi connectivity index (χ2n) is 5.34. The van der Waals surface area contributed by atoms with E-state index >= 15 is 0 Å². The minimum absolute atomic E-state index is 0.0882. The molecule has 0 heterocycles. The van der Waals surface area contributed by atoms with E-state index < -0.39 is 0 Å². The molecule has 2 rings (SSSR count). The van der Waals surface area contributed by atoms with Crippen molar-refractivity contribution < 1.29 is 14.3 Å². The maximum absolute atomic E-state index is 11.9. The first kappa shape index (κ1) is 15.4. The van der Waals surface area contributed by atoms with Crippen molar-refractivity contribution in [3.63, 3.8) is 0 Å². The summed E-state index contributed by atoms with van der Waals surface area (Å²) in [7, 11) is 0. The summed E-state index contributed by atoms with van der Waals surface area (Å²) in [4.78, 5) is 11.9. The van der Waals surface area contributed by atoms with Crippen molar-refractivity contribution in [3.8, 4) is 5.75 Å². The number of esters is 1. The molecule has 1 aliphatic rings. The molecular weight excluding hydrogens is 320 g/mol. The van der Waals surface area contributed by atoms with Crippen LogP contribution in [0.3, 0.4) is 0 Å². The Morgan fingerprint density at radius 3 is 2.85 bits per heavy atom. The van der Waals surface area contributed by atoms with Gasteiger partial charge >= 0.3 is 5.97 Å². The molecule has 1 aliphatic carbocycles. The summed E-state index contributed by atoms with van der Waals surface area (Å²) in [5.74, 6) is 0.619. The normalized spacial score (nSPS) is 16.9. The van der Waals surface area contributed by atoms with Gasteiger partial charge in [0.25, 0.3) is 0 Å². The molecule has 0 spiro atoms. The Morgan fingerprint density at radius 2 is 2.15 bits per heavy atom. The topological polar surface area (TPSA) is 35.5 Å². The zero-order valence-electron chi connectivity index (χ0n) is 11.8. The van der Waals surface area contributed by atoms with Gasteiger partial charge in [-0.1, -0.05) is 28.9 Å². The van der Waals surface area contributed by atoms with Crippen LogP contribution in [0.5, 0.6) is 5.75 Å². The molecule has 1 fully saturated rings. The van der Waals surface area contributed by atoms with E-state index in [2.05, 4.69) is 15.9 Å². The van der Waals surface area contributed by atoms with E-state index in [1.807, 2.05) is 31.2 Å². The average Bonchev–Trinajstić information content (AvgIpc) is 2.91. The van der Waals surface area contributed by atoms with E-state index in [1.54, 1.807) is 0 Å². The highest BCUT2D eigenvalue weighted by atomic mass is 79.9. The number of ether oxygens (including phenoxy) is 2. The second-order valence-corrected chi connectivity index (χ2v) is 6.25. The average molecular weight is 341 g/mol.